The Kier molecular flexibility index (Phi) is 3.19. The first kappa shape index (κ1) is 12.7. The molecule has 5 nitrogen and oxygen atoms in total. The molecule has 3 rings (SSSR count). The predicted octanol–water partition coefficient (Wildman–Crippen LogP) is 2.88. The minimum Gasteiger partial charge on any atom is -0.322 e. The maximum Gasteiger partial charge on any atom is 0.259 e. The molecule has 0 aliphatic heterocycles. The van der Waals surface area contributed by atoms with Gasteiger partial charge in [-0.05, 0) is 34.1 Å². The summed E-state index contributed by atoms with van der Waals surface area (Å²) in [7, 11) is 0. The first-order valence-corrected chi connectivity index (χ1v) is 6.48. The fraction of sp³-hybridized carbons (Fsp3) is 0. The van der Waals surface area contributed by atoms with Gasteiger partial charge in [-0.2, -0.15) is 5.10 Å². The Morgan fingerprint density at radius 1 is 1.35 bits per heavy atom. The number of rotatable bonds is 2. The van der Waals surface area contributed by atoms with Crippen LogP contribution in [0.4, 0.5) is 10.1 Å². The molecule has 1 aromatic carbocycles. The van der Waals surface area contributed by atoms with Crippen LogP contribution in [-0.2, 0) is 0 Å². The normalized spacial score (nSPS) is 10.7. The van der Waals surface area contributed by atoms with Gasteiger partial charge in [0, 0.05) is 18.1 Å². The van der Waals surface area contributed by atoms with Crippen LogP contribution in [0.2, 0.25) is 0 Å². The van der Waals surface area contributed by atoms with Gasteiger partial charge in [0.2, 0.25) is 0 Å². The van der Waals surface area contributed by atoms with Gasteiger partial charge in [-0.1, -0.05) is 0 Å². The summed E-state index contributed by atoms with van der Waals surface area (Å²) in [6.45, 7) is 0. The molecule has 1 N–H and O–H groups in total. The van der Waals surface area contributed by atoms with E-state index in [0.29, 0.717) is 16.8 Å². The van der Waals surface area contributed by atoms with E-state index < -0.39 is 0 Å². The van der Waals surface area contributed by atoms with Crippen LogP contribution < -0.4 is 5.32 Å². The number of anilines is 1. The average molecular weight is 335 g/mol. The van der Waals surface area contributed by atoms with Crippen molar-refractivity contribution >= 4 is 33.0 Å². The fourth-order valence-electron chi connectivity index (χ4n) is 1.78. The van der Waals surface area contributed by atoms with E-state index in [1.165, 1.54) is 24.4 Å². The molecule has 1 amide bonds. The van der Waals surface area contributed by atoms with Crippen molar-refractivity contribution < 1.29 is 9.18 Å². The van der Waals surface area contributed by atoms with Crippen molar-refractivity contribution in [1.82, 2.24) is 14.6 Å². The Hall–Kier alpha value is -2.28. The molecule has 2 aromatic heterocycles. The molecule has 0 bridgehead atoms. The number of carbonyl (C=O) groups is 1. The summed E-state index contributed by atoms with van der Waals surface area (Å²) < 4.78 is 15.0. The van der Waals surface area contributed by atoms with Crippen molar-refractivity contribution in [2.24, 2.45) is 0 Å². The molecule has 3 aromatic rings. The van der Waals surface area contributed by atoms with Gasteiger partial charge in [0.15, 0.2) is 0 Å². The maximum atomic E-state index is 13.1. The van der Waals surface area contributed by atoms with Crippen LogP contribution in [0.3, 0.4) is 0 Å². The Bertz CT molecular complexity index is 802. The van der Waals surface area contributed by atoms with E-state index in [0.717, 1.165) is 0 Å². The average Bonchev–Trinajstić information content (AvgIpc) is 2.87. The monoisotopic (exact) mass is 334 g/mol. The first-order chi connectivity index (χ1) is 9.65. The zero-order valence-electron chi connectivity index (χ0n) is 10.0. The van der Waals surface area contributed by atoms with E-state index in [-0.39, 0.29) is 16.2 Å². The summed E-state index contributed by atoms with van der Waals surface area (Å²) in [6, 6.07) is 4.26. The summed E-state index contributed by atoms with van der Waals surface area (Å²) in [5.41, 5.74) is 1.50. The van der Waals surface area contributed by atoms with Crippen molar-refractivity contribution in [3.63, 3.8) is 0 Å². The lowest BCUT2D eigenvalue weighted by Gasteiger charge is -2.05. The van der Waals surface area contributed by atoms with E-state index in [4.69, 9.17) is 0 Å². The highest BCUT2D eigenvalue weighted by molar-refractivity contribution is 9.10. The van der Waals surface area contributed by atoms with Crippen LogP contribution in [0.1, 0.15) is 10.4 Å². The predicted molar refractivity (Wildman–Crippen MR) is 75.0 cm³/mol. The Labute approximate surface area is 121 Å². The summed E-state index contributed by atoms with van der Waals surface area (Å²) >= 11 is 3.07. The zero-order chi connectivity index (χ0) is 14.1. The summed E-state index contributed by atoms with van der Waals surface area (Å²) in [4.78, 5) is 16.1. The molecule has 0 aliphatic rings. The lowest BCUT2D eigenvalue weighted by atomic mass is 10.2. The van der Waals surface area contributed by atoms with Crippen molar-refractivity contribution in [3.8, 4) is 0 Å². The van der Waals surface area contributed by atoms with Crippen LogP contribution in [0.15, 0.2) is 47.5 Å². The lowest BCUT2D eigenvalue weighted by Crippen LogP contribution is -2.11. The fourth-order valence-corrected chi connectivity index (χ4v) is 2.16. The third-order valence-electron chi connectivity index (χ3n) is 2.75. The number of carbonyl (C=O) groups excluding carboxylic acids is 1. The molecule has 20 heavy (non-hydrogen) atoms. The number of nitrogens with one attached hydrogen (secondary N) is 1. The van der Waals surface area contributed by atoms with Crippen LogP contribution in [0.5, 0.6) is 0 Å². The van der Waals surface area contributed by atoms with Crippen LogP contribution in [0, 0.1) is 5.82 Å². The number of hydrogen-bond donors (Lipinski definition) is 1. The third kappa shape index (κ3) is 2.27. The van der Waals surface area contributed by atoms with Crippen LogP contribution in [-0.4, -0.2) is 20.5 Å². The quantitative estimate of drug-likeness (QED) is 0.783. The first-order valence-electron chi connectivity index (χ1n) is 5.69. The van der Waals surface area contributed by atoms with E-state index in [9.17, 15) is 9.18 Å². The molecule has 0 saturated heterocycles. The van der Waals surface area contributed by atoms with Gasteiger partial charge in [0.1, 0.15) is 5.82 Å². The molecular weight excluding hydrogens is 327 g/mol. The van der Waals surface area contributed by atoms with Gasteiger partial charge in [0.25, 0.3) is 5.91 Å². The van der Waals surface area contributed by atoms with Gasteiger partial charge in [-0.3, -0.25) is 9.78 Å². The summed E-state index contributed by atoms with van der Waals surface area (Å²) in [5, 5.41) is 6.75. The largest absolute Gasteiger partial charge is 0.322 e. The molecule has 100 valence electrons. The van der Waals surface area contributed by atoms with Gasteiger partial charge < -0.3 is 5.32 Å². The van der Waals surface area contributed by atoms with Crippen molar-refractivity contribution in [2.75, 3.05) is 5.32 Å². The number of fused-ring (bicyclic) bond motifs is 1. The molecule has 0 radical (unpaired) electrons. The number of benzene rings is 1. The highest BCUT2D eigenvalue weighted by Gasteiger charge is 2.13. The second-order valence-electron chi connectivity index (χ2n) is 4.05. The number of nitrogens with zero attached hydrogens (tertiary/aromatic N) is 3. The summed E-state index contributed by atoms with van der Waals surface area (Å²) in [5.74, 6) is -0.713. The lowest BCUT2D eigenvalue weighted by molar-refractivity contribution is 0.102. The Morgan fingerprint density at radius 3 is 3.00 bits per heavy atom. The molecule has 0 spiro atoms. The van der Waals surface area contributed by atoms with Gasteiger partial charge in [-0.15, -0.1) is 0 Å². The molecule has 0 aliphatic carbocycles. The molecule has 0 saturated carbocycles. The van der Waals surface area contributed by atoms with Gasteiger partial charge in [-0.25, -0.2) is 8.91 Å². The molecule has 2 heterocycles. The number of hydrogen-bond acceptors (Lipinski definition) is 3. The van der Waals surface area contributed by atoms with E-state index in [1.807, 2.05) is 0 Å². The topological polar surface area (TPSA) is 59.3 Å². The zero-order valence-corrected chi connectivity index (χ0v) is 11.6. The maximum absolute atomic E-state index is 13.1. The smallest absolute Gasteiger partial charge is 0.259 e. The van der Waals surface area contributed by atoms with Crippen molar-refractivity contribution in [2.45, 2.75) is 0 Å². The van der Waals surface area contributed by atoms with Gasteiger partial charge >= 0.3 is 0 Å². The highest BCUT2D eigenvalue weighted by atomic mass is 79.9. The number of amides is 1. The Balaban J connectivity index is 1.91. The van der Waals surface area contributed by atoms with E-state index in [2.05, 4.69) is 31.3 Å². The number of aromatic nitrogens is 3. The van der Waals surface area contributed by atoms with Crippen LogP contribution >= 0.6 is 15.9 Å². The van der Waals surface area contributed by atoms with E-state index >= 15 is 0 Å². The summed E-state index contributed by atoms with van der Waals surface area (Å²) in [6.07, 6.45) is 6.26. The number of halogens is 2. The molecule has 7 heteroatoms. The second-order valence-corrected chi connectivity index (χ2v) is 4.90. The molecule has 0 atom stereocenters. The molecular formula is C13H8BrFN4O. The third-order valence-corrected chi connectivity index (χ3v) is 3.35. The minimum absolute atomic E-state index is 0.289. The highest BCUT2D eigenvalue weighted by Crippen LogP contribution is 2.21. The standard InChI is InChI=1S/C13H8BrFN4O/c14-10-5-8(1-2-11(10)15)18-13(20)9-6-17-19-4-3-16-7-12(9)19/h1-7H,(H,18,20). The minimum atomic E-state index is -0.386. The van der Waals surface area contributed by atoms with Crippen molar-refractivity contribution in [3.05, 3.63) is 58.8 Å². The SMILES string of the molecule is O=C(Nc1ccc(F)c(Br)c1)c1cnn2ccncc12. The van der Waals surface area contributed by atoms with Gasteiger partial charge in [0.05, 0.1) is 27.9 Å². The second kappa shape index (κ2) is 5.01. The van der Waals surface area contributed by atoms with E-state index in [1.54, 1.807) is 23.1 Å². The molecule has 0 unspecified atom stereocenters. The van der Waals surface area contributed by atoms with Crippen LogP contribution in [0.25, 0.3) is 5.52 Å². The van der Waals surface area contributed by atoms with Crippen molar-refractivity contribution in [1.29, 1.82) is 0 Å². The Morgan fingerprint density at radius 2 is 2.20 bits per heavy atom. The molecule has 0 fully saturated rings.